The van der Waals surface area contributed by atoms with Crippen molar-refractivity contribution in [3.63, 3.8) is 0 Å². The normalized spacial score (nSPS) is 11.1. The molecule has 0 unspecified atom stereocenters. The molecule has 9 heteroatoms. The molecule has 0 aliphatic heterocycles. The quantitative estimate of drug-likeness (QED) is 0.640. The third-order valence-corrected chi connectivity index (χ3v) is 4.84. The second-order valence-electron chi connectivity index (χ2n) is 5.89. The van der Waals surface area contributed by atoms with E-state index in [1.807, 2.05) is 0 Å². The predicted molar refractivity (Wildman–Crippen MR) is 105 cm³/mol. The van der Waals surface area contributed by atoms with Gasteiger partial charge in [-0.3, -0.25) is 18.7 Å². The number of hydrogen-bond donors (Lipinski definition) is 1. The van der Waals surface area contributed by atoms with E-state index in [1.54, 1.807) is 31.2 Å². The van der Waals surface area contributed by atoms with Gasteiger partial charge in [-0.15, -0.1) is 0 Å². The molecule has 6 nitrogen and oxygen atoms in total. The number of thioether (sulfide) groups is 1. The van der Waals surface area contributed by atoms with Crippen molar-refractivity contribution in [2.45, 2.75) is 30.7 Å². The van der Waals surface area contributed by atoms with Crippen molar-refractivity contribution in [3.05, 3.63) is 69.4 Å². The first-order chi connectivity index (χ1) is 13.4. The summed E-state index contributed by atoms with van der Waals surface area (Å²) >= 11 is 0.414. The number of halogens is 2. The SMILES string of the molecule is CCn1c(=O)c2ccccc2n(CC(=O)Nc2ccc(SC(F)F)cc2)c1=O. The van der Waals surface area contributed by atoms with E-state index < -0.39 is 22.9 Å². The van der Waals surface area contributed by atoms with Gasteiger partial charge >= 0.3 is 5.69 Å². The smallest absolute Gasteiger partial charge is 0.325 e. The number of nitrogens with zero attached hydrogens (tertiary/aromatic N) is 2. The second-order valence-corrected chi connectivity index (χ2v) is 6.95. The minimum absolute atomic E-state index is 0.188. The summed E-state index contributed by atoms with van der Waals surface area (Å²) in [5, 5.41) is 2.98. The molecule has 1 N–H and O–H groups in total. The van der Waals surface area contributed by atoms with Gasteiger partial charge in [0.2, 0.25) is 5.91 Å². The molecule has 1 aromatic heterocycles. The van der Waals surface area contributed by atoms with Crippen molar-refractivity contribution in [2.24, 2.45) is 0 Å². The summed E-state index contributed by atoms with van der Waals surface area (Å²) < 4.78 is 27.1. The number of benzene rings is 2. The maximum atomic E-state index is 12.6. The largest absolute Gasteiger partial charge is 0.331 e. The minimum Gasteiger partial charge on any atom is -0.325 e. The molecule has 0 bridgehead atoms. The number of anilines is 1. The third-order valence-electron chi connectivity index (χ3n) is 4.11. The number of hydrogen-bond acceptors (Lipinski definition) is 4. The van der Waals surface area contributed by atoms with E-state index in [9.17, 15) is 23.2 Å². The van der Waals surface area contributed by atoms with Gasteiger partial charge < -0.3 is 5.32 Å². The van der Waals surface area contributed by atoms with Gasteiger partial charge in [0.1, 0.15) is 6.54 Å². The maximum absolute atomic E-state index is 12.6. The van der Waals surface area contributed by atoms with Gasteiger partial charge in [-0.2, -0.15) is 8.78 Å². The Hall–Kier alpha value is -2.94. The first-order valence-electron chi connectivity index (χ1n) is 8.47. The van der Waals surface area contributed by atoms with Crippen molar-refractivity contribution in [3.8, 4) is 0 Å². The molecule has 0 spiro atoms. The zero-order valence-electron chi connectivity index (χ0n) is 14.9. The fourth-order valence-electron chi connectivity index (χ4n) is 2.87. The number of alkyl halides is 2. The summed E-state index contributed by atoms with van der Waals surface area (Å²) in [4.78, 5) is 37.9. The van der Waals surface area contributed by atoms with Crippen LogP contribution in [0, 0.1) is 0 Å². The Balaban J connectivity index is 1.87. The predicted octanol–water partition coefficient (Wildman–Crippen LogP) is 3.14. The molecule has 1 heterocycles. The van der Waals surface area contributed by atoms with Crippen molar-refractivity contribution in [1.29, 1.82) is 0 Å². The van der Waals surface area contributed by atoms with Crippen LogP contribution in [0.3, 0.4) is 0 Å². The number of amides is 1. The summed E-state index contributed by atoms with van der Waals surface area (Å²) in [7, 11) is 0. The molecular formula is C19H17F2N3O3S. The van der Waals surface area contributed by atoms with Crippen molar-refractivity contribution in [1.82, 2.24) is 9.13 Å². The lowest BCUT2D eigenvalue weighted by Crippen LogP contribution is -2.41. The fraction of sp³-hybridized carbons (Fsp3) is 0.211. The average Bonchev–Trinajstić information content (AvgIpc) is 2.67. The zero-order chi connectivity index (χ0) is 20.3. The molecule has 146 valence electrons. The molecule has 0 saturated heterocycles. The maximum Gasteiger partial charge on any atom is 0.331 e. The Labute approximate surface area is 162 Å². The lowest BCUT2D eigenvalue weighted by Gasteiger charge is -2.13. The highest BCUT2D eigenvalue weighted by molar-refractivity contribution is 7.99. The Morgan fingerprint density at radius 3 is 2.39 bits per heavy atom. The molecule has 3 aromatic rings. The number of carbonyl (C=O) groups is 1. The highest BCUT2D eigenvalue weighted by Gasteiger charge is 2.14. The van der Waals surface area contributed by atoms with Crippen molar-refractivity contribution >= 4 is 34.3 Å². The number of para-hydroxylation sites is 1. The van der Waals surface area contributed by atoms with Crippen molar-refractivity contribution < 1.29 is 13.6 Å². The van der Waals surface area contributed by atoms with E-state index in [1.165, 1.54) is 28.8 Å². The Bertz CT molecular complexity index is 1120. The molecule has 28 heavy (non-hydrogen) atoms. The molecular weight excluding hydrogens is 388 g/mol. The van der Waals surface area contributed by atoms with Crippen LogP contribution in [0.4, 0.5) is 14.5 Å². The topological polar surface area (TPSA) is 73.1 Å². The van der Waals surface area contributed by atoms with Gasteiger partial charge in [-0.1, -0.05) is 23.9 Å². The lowest BCUT2D eigenvalue weighted by atomic mass is 10.2. The minimum atomic E-state index is -2.52. The first kappa shape index (κ1) is 19.8. The van der Waals surface area contributed by atoms with Crippen LogP contribution in [0.25, 0.3) is 10.9 Å². The van der Waals surface area contributed by atoms with Gasteiger partial charge in [0.25, 0.3) is 11.3 Å². The summed E-state index contributed by atoms with van der Waals surface area (Å²) in [5.41, 5.74) is -0.164. The van der Waals surface area contributed by atoms with E-state index in [2.05, 4.69) is 5.32 Å². The molecule has 1 amide bonds. The monoisotopic (exact) mass is 405 g/mol. The van der Waals surface area contributed by atoms with E-state index in [0.717, 1.165) is 4.57 Å². The molecule has 0 atom stereocenters. The van der Waals surface area contributed by atoms with Gasteiger partial charge in [0.05, 0.1) is 10.9 Å². The van der Waals surface area contributed by atoms with Crippen LogP contribution in [0.5, 0.6) is 0 Å². The molecule has 2 aromatic carbocycles. The van der Waals surface area contributed by atoms with E-state index in [-0.39, 0.29) is 13.1 Å². The molecule has 0 fully saturated rings. The molecule has 0 aliphatic carbocycles. The van der Waals surface area contributed by atoms with Gasteiger partial charge in [0.15, 0.2) is 0 Å². The second kappa shape index (κ2) is 8.39. The van der Waals surface area contributed by atoms with Gasteiger partial charge in [0, 0.05) is 17.1 Å². The lowest BCUT2D eigenvalue weighted by molar-refractivity contribution is -0.116. The van der Waals surface area contributed by atoms with Gasteiger partial charge in [-0.25, -0.2) is 4.79 Å². The van der Waals surface area contributed by atoms with Crippen LogP contribution in [-0.4, -0.2) is 20.8 Å². The first-order valence-corrected chi connectivity index (χ1v) is 9.35. The third kappa shape index (κ3) is 4.14. The Morgan fingerprint density at radius 2 is 1.75 bits per heavy atom. The fourth-order valence-corrected chi connectivity index (χ4v) is 3.37. The average molecular weight is 405 g/mol. The van der Waals surface area contributed by atoms with Crippen LogP contribution in [0.15, 0.2) is 63.0 Å². The summed E-state index contributed by atoms with van der Waals surface area (Å²) in [6.07, 6.45) is 0. The molecule has 0 aliphatic rings. The van der Waals surface area contributed by atoms with Crippen LogP contribution in [0.2, 0.25) is 0 Å². The zero-order valence-corrected chi connectivity index (χ0v) is 15.7. The van der Waals surface area contributed by atoms with Crippen LogP contribution < -0.4 is 16.6 Å². The number of nitrogens with one attached hydrogen (secondary N) is 1. The molecule has 0 radical (unpaired) electrons. The standard InChI is InChI=1S/C19H17F2N3O3S/c1-2-23-17(26)14-5-3-4-6-15(14)24(19(23)27)11-16(25)22-12-7-9-13(10-8-12)28-18(20)21/h3-10,18H,2,11H2,1H3,(H,22,25). The summed E-state index contributed by atoms with van der Waals surface area (Å²) in [5.74, 6) is -2.99. The number of carbonyl (C=O) groups excluding carboxylic acids is 1. The van der Waals surface area contributed by atoms with Crippen LogP contribution >= 0.6 is 11.8 Å². The molecule has 0 saturated carbocycles. The highest BCUT2D eigenvalue weighted by atomic mass is 32.2. The van der Waals surface area contributed by atoms with Crippen LogP contribution in [0.1, 0.15) is 6.92 Å². The number of rotatable bonds is 6. The van der Waals surface area contributed by atoms with E-state index >= 15 is 0 Å². The van der Waals surface area contributed by atoms with E-state index in [4.69, 9.17) is 0 Å². The summed E-state index contributed by atoms with van der Waals surface area (Å²) in [6.45, 7) is 1.58. The number of fused-ring (bicyclic) bond motifs is 1. The summed E-state index contributed by atoms with van der Waals surface area (Å²) in [6, 6.07) is 12.6. The molecule has 3 rings (SSSR count). The van der Waals surface area contributed by atoms with Gasteiger partial charge in [-0.05, 0) is 43.3 Å². The Kier molecular flexibility index (Phi) is 5.93. The van der Waals surface area contributed by atoms with Crippen LogP contribution in [-0.2, 0) is 17.9 Å². The Morgan fingerprint density at radius 1 is 1.07 bits per heavy atom. The van der Waals surface area contributed by atoms with E-state index in [0.29, 0.717) is 33.2 Å². The number of aromatic nitrogens is 2. The highest BCUT2D eigenvalue weighted by Crippen LogP contribution is 2.26. The van der Waals surface area contributed by atoms with Crippen molar-refractivity contribution in [2.75, 3.05) is 5.32 Å².